The fourth-order valence-electron chi connectivity index (χ4n) is 3.50. The van der Waals surface area contributed by atoms with Gasteiger partial charge in [0.15, 0.2) is 5.11 Å². The first-order valence-corrected chi connectivity index (χ1v) is 10.3. The van der Waals surface area contributed by atoms with Gasteiger partial charge in [0.2, 0.25) is 0 Å². The molecule has 0 amide bonds. The number of nitrogens with zero attached hydrogens (tertiary/aromatic N) is 1. The van der Waals surface area contributed by atoms with E-state index in [9.17, 15) is 0 Å². The van der Waals surface area contributed by atoms with Crippen molar-refractivity contribution < 1.29 is 9.47 Å². The lowest BCUT2D eigenvalue weighted by atomic mass is 10.1. The van der Waals surface area contributed by atoms with Crippen molar-refractivity contribution in [3.8, 4) is 11.5 Å². The summed E-state index contributed by atoms with van der Waals surface area (Å²) < 4.78 is 10.8. The van der Waals surface area contributed by atoms with Gasteiger partial charge in [-0.3, -0.25) is 4.90 Å². The van der Waals surface area contributed by atoms with Crippen LogP contribution in [0.4, 0.5) is 5.69 Å². The van der Waals surface area contributed by atoms with Crippen molar-refractivity contribution in [3.63, 3.8) is 0 Å². The normalized spacial score (nSPS) is 15.1. The van der Waals surface area contributed by atoms with Gasteiger partial charge in [0.25, 0.3) is 0 Å². The first-order valence-electron chi connectivity index (χ1n) is 9.85. The maximum absolute atomic E-state index is 5.51. The number of thiocarbonyl (C=S) groups is 1. The molecule has 28 heavy (non-hydrogen) atoms. The fraction of sp³-hybridized carbons (Fsp3) is 0.409. The van der Waals surface area contributed by atoms with E-state index < -0.39 is 0 Å². The Bertz CT molecular complexity index is 743. The second kappa shape index (κ2) is 10.3. The minimum absolute atomic E-state index is 0.286. The number of hydrogen-bond donors (Lipinski definition) is 2. The van der Waals surface area contributed by atoms with Crippen LogP contribution in [0.1, 0.15) is 31.4 Å². The van der Waals surface area contributed by atoms with Crippen LogP contribution < -0.4 is 20.1 Å². The number of hydrogen-bond acceptors (Lipinski definition) is 4. The molecule has 0 spiro atoms. The number of nitrogens with one attached hydrogen (secondary N) is 2. The number of benzene rings is 2. The van der Waals surface area contributed by atoms with Crippen molar-refractivity contribution in [3.05, 3.63) is 54.1 Å². The van der Waals surface area contributed by atoms with Gasteiger partial charge in [-0.05, 0) is 87.0 Å². The zero-order valence-electron chi connectivity index (χ0n) is 16.6. The fourth-order valence-corrected chi connectivity index (χ4v) is 3.70. The second-order valence-electron chi connectivity index (χ2n) is 6.82. The van der Waals surface area contributed by atoms with E-state index in [0.29, 0.717) is 11.7 Å². The Kier molecular flexibility index (Phi) is 7.51. The monoisotopic (exact) mass is 399 g/mol. The minimum Gasteiger partial charge on any atom is -0.497 e. The average Bonchev–Trinajstić information content (AvgIpc) is 3.25. The smallest absolute Gasteiger partial charge is 0.170 e. The molecule has 5 nitrogen and oxygen atoms in total. The number of methoxy groups -OCH3 is 1. The molecule has 2 aromatic carbocycles. The number of anilines is 1. The van der Waals surface area contributed by atoms with E-state index in [1.807, 2.05) is 43.3 Å². The second-order valence-corrected chi connectivity index (χ2v) is 7.23. The van der Waals surface area contributed by atoms with Crippen molar-refractivity contribution in [2.24, 2.45) is 0 Å². The molecule has 2 aromatic rings. The van der Waals surface area contributed by atoms with Gasteiger partial charge in [0, 0.05) is 12.2 Å². The quantitative estimate of drug-likeness (QED) is 0.648. The minimum atomic E-state index is 0.286. The van der Waals surface area contributed by atoms with E-state index in [2.05, 4.69) is 27.7 Å². The SMILES string of the molecule is CCOc1ccc(NC(=S)NC[C@H](c2ccc(OC)cc2)N2CCCC2)cc1. The summed E-state index contributed by atoms with van der Waals surface area (Å²) in [5.41, 5.74) is 2.22. The summed E-state index contributed by atoms with van der Waals surface area (Å²) in [5, 5.41) is 7.27. The molecule has 1 heterocycles. The van der Waals surface area contributed by atoms with Crippen LogP contribution >= 0.6 is 12.2 Å². The zero-order valence-corrected chi connectivity index (χ0v) is 17.4. The molecule has 0 aliphatic carbocycles. The Hall–Kier alpha value is -2.31. The molecular formula is C22H29N3O2S. The van der Waals surface area contributed by atoms with E-state index in [1.165, 1.54) is 18.4 Å². The summed E-state index contributed by atoms with van der Waals surface area (Å²) in [6, 6.07) is 16.5. The van der Waals surface area contributed by atoms with Crippen molar-refractivity contribution in [2.75, 3.05) is 38.7 Å². The third-order valence-electron chi connectivity index (χ3n) is 4.96. The highest BCUT2D eigenvalue weighted by molar-refractivity contribution is 7.80. The van der Waals surface area contributed by atoms with Gasteiger partial charge in [-0.2, -0.15) is 0 Å². The molecule has 1 aliphatic heterocycles. The largest absolute Gasteiger partial charge is 0.497 e. The highest BCUT2D eigenvalue weighted by Gasteiger charge is 2.23. The summed E-state index contributed by atoms with van der Waals surface area (Å²) in [6.07, 6.45) is 2.50. The Morgan fingerprint density at radius 3 is 2.29 bits per heavy atom. The summed E-state index contributed by atoms with van der Waals surface area (Å²) in [7, 11) is 1.69. The molecule has 1 fully saturated rings. The molecule has 1 saturated heterocycles. The average molecular weight is 400 g/mol. The predicted octanol–water partition coefficient (Wildman–Crippen LogP) is 4.22. The van der Waals surface area contributed by atoms with E-state index in [-0.39, 0.29) is 6.04 Å². The third-order valence-corrected chi connectivity index (χ3v) is 5.21. The van der Waals surface area contributed by atoms with E-state index in [0.717, 1.165) is 36.8 Å². The lowest BCUT2D eigenvalue weighted by Crippen LogP contribution is -2.38. The van der Waals surface area contributed by atoms with Gasteiger partial charge < -0.3 is 20.1 Å². The Morgan fingerprint density at radius 2 is 1.68 bits per heavy atom. The molecule has 6 heteroatoms. The summed E-state index contributed by atoms with van der Waals surface area (Å²) in [6.45, 7) is 5.64. The molecule has 150 valence electrons. The predicted molar refractivity (Wildman–Crippen MR) is 118 cm³/mol. The summed E-state index contributed by atoms with van der Waals surface area (Å²) in [5.74, 6) is 1.74. The number of likely N-dealkylation sites (tertiary alicyclic amines) is 1. The third kappa shape index (κ3) is 5.59. The maximum atomic E-state index is 5.51. The van der Waals surface area contributed by atoms with Crippen molar-refractivity contribution in [1.82, 2.24) is 10.2 Å². The van der Waals surface area contributed by atoms with Crippen LogP contribution in [-0.2, 0) is 0 Å². The summed E-state index contributed by atoms with van der Waals surface area (Å²) >= 11 is 5.51. The van der Waals surface area contributed by atoms with Crippen molar-refractivity contribution >= 4 is 23.0 Å². The van der Waals surface area contributed by atoms with Crippen molar-refractivity contribution in [2.45, 2.75) is 25.8 Å². The van der Waals surface area contributed by atoms with Crippen LogP contribution in [0.15, 0.2) is 48.5 Å². The highest BCUT2D eigenvalue weighted by Crippen LogP contribution is 2.26. The maximum Gasteiger partial charge on any atom is 0.170 e. The first kappa shape index (κ1) is 20.4. The van der Waals surface area contributed by atoms with Crippen molar-refractivity contribution in [1.29, 1.82) is 0 Å². The summed E-state index contributed by atoms with van der Waals surface area (Å²) in [4.78, 5) is 2.52. The Morgan fingerprint density at radius 1 is 1.04 bits per heavy atom. The molecule has 1 atom stereocenters. The molecular weight excluding hydrogens is 370 g/mol. The highest BCUT2D eigenvalue weighted by atomic mass is 32.1. The Balaban J connectivity index is 1.59. The molecule has 0 unspecified atom stereocenters. The van der Waals surface area contributed by atoms with Crippen LogP contribution in [0, 0.1) is 0 Å². The standard InChI is InChI=1S/C22H29N3O2S/c1-3-27-20-12-8-18(9-13-20)24-22(28)23-16-21(25-14-4-5-15-25)17-6-10-19(26-2)11-7-17/h6-13,21H,3-5,14-16H2,1-2H3,(H2,23,24,28)/t21-/m1/s1. The molecule has 1 aliphatic rings. The lowest BCUT2D eigenvalue weighted by Gasteiger charge is -2.29. The molecule has 0 bridgehead atoms. The van der Waals surface area contributed by atoms with Crippen LogP contribution in [-0.4, -0.2) is 43.4 Å². The molecule has 2 N–H and O–H groups in total. The van der Waals surface area contributed by atoms with E-state index in [4.69, 9.17) is 21.7 Å². The molecule has 0 saturated carbocycles. The lowest BCUT2D eigenvalue weighted by molar-refractivity contribution is 0.246. The van der Waals surface area contributed by atoms with Gasteiger partial charge in [-0.25, -0.2) is 0 Å². The number of rotatable bonds is 8. The van der Waals surface area contributed by atoms with Gasteiger partial charge in [-0.15, -0.1) is 0 Å². The van der Waals surface area contributed by atoms with E-state index >= 15 is 0 Å². The van der Waals surface area contributed by atoms with Gasteiger partial charge >= 0.3 is 0 Å². The Labute approximate surface area is 173 Å². The van der Waals surface area contributed by atoms with Crippen LogP contribution in [0.3, 0.4) is 0 Å². The first-order chi connectivity index (χ1) is 13.7. The molecule has 0 aromatic heterocycles. The zero-order chi connectivity index (χ0) is 19.8. The molecule has 3 rings (SSSR count). The molecule has 0 radical (unpaired) electrons. The van der Waals surface area contributed by atoms with Crippen LogP contribution in [0.5, 0.6) is 11.5 Å². The van der Waals surface area contributed by atoms with Gasteiger partial charge in [-0.1, -0.05) is 12.1 Å². The van der Waals surface area contributed by atoms with Crippen LogP contribution in [0.25, 0.3) is 0 Å². The van der Waals surface area contributed by atoms with E-state index in [1.54, 1.807) is 7.11 Å². The topological polar surface area (TPSA) is 45.8 Å². The van der Waals surface area contributed by atoms with Gasteiger partial charge in [0.1, 0.15) is 11.5 Å². The van der Waals surface area contributed by atoms with Crippen LogP contribution in [0.2, 0.25) is 0 Å². The van der Waals surface area contributed by atoms with Gasteiger partial charge in [0.05, 0.1) is 19.8 Å². The number of ether oxygens (including phenoxy) is 2.